The molecular weight excluding hydrogens is 326 g/mol. The number of anilines is 1. The molecule has 1 aliphatic rings. The molecule has 0 spiro atoms. The van der Waals surface area contributed by atoms with Gasteiger partial charge in [0.05, 0.1) is 0 Å². The molecule has 2 N–H and O–H groups in total. The minimum Gasteiger partial charge on any atom is -0.479 e. The summed E-state index contributed by atoms with van der Waals surface area (Å²) in [6.45, 7) is 7.70. The molecule has 1 saturated carbocycles. The number of aliphatic carboxylic acids is 1. The zero-order chi connectivity index (χ0) is 19.2. The van der Waals surface area contributed by atoms with Crippen LogP contribution in [0.1, 0.15) is 64.9 Å². The predicted octanol–water partition coefficient (Wildman–Crippen LogP) is 4.17. The SMILES string of the molecule is CC#CCC1(C(O)(C(=O)O)c2ccc(N(CC)CC)cc2)CCCCC1. The van der Waals surface area contributed by atoms with Gasteiger partial charge in [-0.15, -0.1) is 11.8 Å². The van der Waals surface area contributed by atoms with Crippen LogP contribution in [-0.4, -0.2) is 29.3 Å². The van der Waals surface area contributed by atoms with Crippen LogP contribution in [0.4, 0.5) is 5.69 Å². The molecule has 0 bridgehead atoms. The third-order valence-electron chi connectivity index (χ3n) is 5.90. The molecule has 4 heteroatoms. The smallest absolute Gasteiger partial charge is 0.341 e. The van der Waals surface area contributed by atoms with E-state index in [-0.39, 0.29) is 0 Å². The summed E-state index contributed by atoms with van der Waals surface area (Å²) in [4.78, 5) is 14.5. The van der Waals surface area contributed by atoms with Gasteiger partial charge in [-0.25, -0.2) is 4.79 Å². The Bertz CT molecular complexity index is 661. The highest BCUT2D eigenvalue weighted by molar-refractivity contribution is 5.81. The predicted molar refractivity (Wildman–Crippen MR) is 105 cm³/mol. The number of carboxylic acids is 1. The Labute approximate surface area is 157 Å². The highest BCUT2D eigenvalue weighted by atomic mass is 16.4. The van der Waals surface area contributed by atoms with Crippen LogP contribution >= 0.6 is 0 Å². The second-order valence-corrected chi connectivity index (χ2v) is 7.18. The Hall–Kier alpha value is -1.99. The Kier molecular flexibility index (Phi) is 6.72. The van der Waals surface area contributed by atoms with Gasteiger partial charge in [-0.05, 0) is 51.3 Å². The van der Waals surface area contributed by atoms with Crippen molar-refractivity contribution in [3.8, 4) is 11.8 Å². The quantitative estimate of drug-likeness (QED) is 0.719. The van der Waals surface area contributed by atoms with E-state index < -0.39 is 17.0 Å². The van der Waals surface area contributed by atoms with E-state index in [4.69, 9.17) is 0 Å². The molecule has 4 nitrogen and oxygen atoms in total. The van der Waals surface area contributed by atoms with Crippen LogP contribution in [0.25, 0.3) is 0 Å². The maximum absolute atomic E-state index is 12.3. The van der Waals surface area contributed by atoms with E-state index in [2.05, 4.69) is 30.6 Å². The number of benzene rings is 1. The number of nitrogens with zero attached hydrogens (tertiary/aromatic N) is 1. The largest absolute Gasteiger partial charge is 0.479 e. The normalized spacial score (nSPS) is 18.3. The summed E-state index contributed by atoms with van der Waals surface area (Å²) >= 11 is 0. The van der Waals surface area contributed by atoms with Gasteiger partial charge >= 0.3 is 5.97 Å². The van der Waals surface area contributed by atoms with Crippen molar-refractivity contribution >= 4 is 11.7 Å². The molecule has 1 atom stereocenters. The molecule has 1 unspecified atom stereocenters. The molecular formula is C22H31NO3. The summed E-state index contributed by atoms with van der Waals surface area (Å²) in [7, 11) is 0. The molecule has 1 fully saturated rings. The Morgan fingerprint density at radius 1 is 1.15 bits per heavy atom. The summed E-state index contributed by atoms with van der Waals surface area (Å²) in [5, 5.41) is 21.6. The molecule has 0 radical (unpaired) electrons. The molecule has 142 valence electrons. The van der Waals surface area contributed by atoms with Crippen molar-refractivity contribution in [3.05, 3.63) is 29.8 Å². The van der Waals surface area contributed by atoms with Gasteiger partial charge in [0.2, 0.25) is 0 Å². The summed E-state index contributed by atoms with van der Waals surface area (Å²) in [6.07, 6.45) is 4.71. The number of aliphatic hydroxyl groups is 1. The van der Waals surface area contributed by atoms with Gasteiger partial charge in [0.25, 0.3) is 0 Å². The van der Waals surface area contributed by atoms with E-state index in [0.29, 0.717) is 24.8 Å². The first-order valence-electron chi connectivity index (χ1n) is 9.66. The van der Waals surface area contributed by atoms with Gasteiger partial charge in [-0.1, -0.05) is 31.4 Å². The zero-order valence-electron chi connectivity index (χ0n) is 16.2. The van der Waals surface area contributed by atoms with Crippen molar-refractivity contribution in [3.63, 3.8) is 0 Å². The van der Waals surface area contributed by atoms with Crippen LogP contribution in [0.5, 0.6) is 0 Å². The molecule has 0 aromatic heterocycles. The highest BCUT2D eigenvalue weighted by Gasteiger charge is 2.56. The van der Waals surface area contributed by atoms with Gasteiger partial charge in [0, 0.05) is 30.6 Å². The monoisotopic (exact) mass is 357 g/mol. The third-order valence-corrected chi connectivity index (χ3v) is 5.90. The van der Waals surface area contributed by atoms with Crippen LogP contribution in [0.2, 0.25) is 0 Å². The average Bonchev–Trinajstić information content (AvgIpc) is 2.67. The van der Waals surface area contributed by atoms with E-state index in [9.17, 15) is 15.0 Å². The van der Waals surface area contributed by atoms with Crippen molar-refractivity contribution in [2.45, 2.75) is 64.9 Å². The van der Waals surface area contributed by atoms with Crippen LogP contribution < -0.4 is 4.90 Å². The van der Waals surface area contributed by atoms with E-state index in [1.54, 1.807) is 19.1 Å². The van der Waals surface area contributed by atoms with Gasteiger partial charge < -0.3 is 15.1 Å². The second-order valence-electron chi connectivity index (χ2n) is 7.18. The molecule has 0 heterocycles. The summed E-state index contributed by atoms with van der Waals surface area (Å²) < 4.78 is 0. The van der Waals surface area contributed by atoms with Gasteiger partial charge in [-0.2, -0.15) is 0 Å². The van der Waals surface area contributed by atoms with E-state index in [1.807, 2.05) is 12.1 Å². The van der Waals surface area contributed by atoms with Gasteiger partial charge in [-0.3, -0.25) is 0 Å². The minimum atomic E-state index is -1.92. The maximum Gasteiger partial charge on any atom is 0.341 e. The lowest BCUT2D eigenvalue weighted by atomic mass is 9.59. The lowest BCUT2D eigenvalue weighted by molar-refractivity contribution is -0.182. The lowest BCUT2D eigenvalue weighted by Crippen LogP contribution is -2.52. The van der Waals surface area contributed by atoms with E-state index >= 15 is 0 Å². The molecule has 2 rings (SSSR count). The van der Waals surface area contributed by atoms with E-state index in [0.717, 1.165) is 38.0 Å². The van der Waals surface area contributed by atoms with Gasteiger partial charge in [0.1, 0.15) is 0 Å². The molecule has 26 heavy (non-hydrogen) atoms. The first-order valence-corrected chi connectivity index (χ1v) is 9.66. The number of carbonyl (C=O) groups is 1. The van der Waals surface area contributed by atoms with Crippen molar-refractivity contribution in [1.29, 1.82) is 0 Å². The van der Waals surface area contributed by atoms with Crippen LogP contribution in [-0.2, 0) is 10.4 Å². The van der Waals surface area contributed by atoms with Crippen molar-refractivity contribution in [1.82, 2.24) is 0 Å². The molecule has 0 aliphatic heterocycles. The maximum atomic E-state index is 12.3. The summed E-state index contributed by atoms with van der Waals surface area (Å²) in [5.41, 5.74) is -1.16. The van der Waals surface area contributed by atoms with Crippen LogP contribution in [0.3, 0.4) is 0 Å². The van der Waals surface area contributed by atoms with Crippen LogP contribution in [0, 0.1) is 17.3 Å². The first-order chi connectivity index (χ1) is 12.4. The third kappa shape index (κ3) is 3.59. The average molecular weight is 357 g/mol. The van der Waals surface area contributed by atoms with E-state index in [1.165, 1.54) is 0 Å². The number of hydrogen-bond donors (Lipinski definition) is 2. The topological polar surface area (TPSA) is 60.8 Å². The fraction of sp³-hybridized carbons (Fsp3) is 0.591. The molecule has 0 saturated heterocycles. The zero-order valence-corrected chi connectivity index (χ0v) is 16.2. The second kappa shape index (κ2) is 8.60. The Morgan fingerprint density at radius 3 is 2.19 bits per heavy atom. The number of carboxylic acid groups (broad SMARTS) is 1. The van der Waals surface area contributed by atoms with Crippen LogP contribution in [0.15, 0.2) is 24.3 Å². The number of rotatable bonds is 7. The standard InChI is InChI=1S/C22H31NO3/c1-4-7-15-21(16-9-8-10-17-21)22(26,20(24)25)18-11-13-19(14-12-18)23(5-2)6-3/h11-14,26H,5-6,8-10,15-17H2,1-3H3,(H,24,25). The molecule has 1 aromatic rings. The fourth-order valence-electron chi connectivity index (χ4n) is 4.31. The number of hydrogen-bond acceptors (Lipinski definition) is 3. The van der Waals surface area contributed by atoms with Gasteiger partial charge in [0.15, 0.2) is 5.60 Å². The Morgan fingerprint density at radius 2 is 1.73 bits per heavy atom. The van der Waals surface area contributed by atoms with Crippen molar-refractivity contribution in [2.24, 2.45) is 5.41 Å². The van der Waals surface area contributed by atoms with Crippen molar-refractivity contribution < 1.29 is 15.0 Å². The Balaban J connectivity index is 2.50. The highest BCUT2D eigenvalue weighted by Crippen LogP contribution is 2.52. The molecule has 1 aromatic carbocycles. The fourth-order valence-corrected chi connectivity index (χ4v) is 4.31. The summed E-state index contributed by atoms with van der Waals surface area (Å²) in [6, 6.07) is 7.38. The van der Waals surface area contributed by atoms with Crippen molar-refractivity contribution in [2.75, 3.05) is 18.0 Å². The lowest BCUT2D eigenvalue weighted by Gasteiger charge is -2.46. The molecule has 0 amide bonds. The molecule has 1 aliphatic carbocycles. The first kappa shape index (κ1) is 20.3. The summed E-state index contributed by atoms with van der Waals surface area (Å²) in [5.74, 6) is 4.76. The minimum absolute atomic E-state index is 0.407.